The second-order valence-electron chi connectivity index (χ2n) is 9.01. The first-order valence-electron chi connectivity index (χ1n) is 12.3. The number of ether oxygens (including phenoxy) is 5. The molecule has 1 heterocycles. The molecule has 0 bridgehead atoms. The average Bonchev–Trinajstić information content (AvgIpc) is 2.91. The van der Waals surface area contributed by atoms with Crippen molar-refractivity contribution in [3.63, 3.8) is 0 Å². The van der Waals surface area contributed by atoms with Crippen molar-refractivity contribution in [3.05, 3.63) is 108 Å². The lowest BCUT2D eigenvalue weighted by Crippen LogP contribution is -2.60. The van der Waals surface area contributed by atoms with Crippen molar-refractivity contribution >= 4 is 5.78 Å². The van der Waals surface area contributed by atoms with Crippen LogP contribution in [0.2, 0.25) is 0 Å². The standard InChI is InChI=1S/C30H34O6/c1-22(31)18-35-30-29(34-21-26-16-10-5-11-17-26)28(33-20-25-14-8-4-9-15-25)27(23(2)36-30)32-19-24-12-6-3-7-13-24/h3-17,23,27-30H,18-21H2,1-2H3/t23-,27+,28+,29-,30-/m0/s1. The number of Topliss-reactive ketones (excluding diaryl/α,β-unsaturated/α-hetero) is 1. The number of carbonyl (C=O) groups is 1. The molecule has 6 heteroatoms. The van der Waals surface area contributed by atoms with E-state index in [0.717, 1.165) is 16.7 Å². The van der Waals surface area contributed by atoms with E-state index < -0.39 is 24.6 Å². The van der Waals surface area contributed by atoms with E-state index in [1.807, 2.05) is 97.9 Å². The maximum atomic E-state index is 11.7. The summed E-state index contributed by atoms with van der Waals surface area (Å²) in [5.74, 6) is -0.0859. The summed E-state index contributed by atoms with van der Waals surface area (Å²) in [4.78, 5) is 11.7. The predicted molar refractivity (Wildman–Crippen MR) is 136 cm³/mol. The van der Waals surface area contributed by atoms with Gasteiger partial charge in [0.05, 0.1) is 25.9 Å². The molecule has 1 fully saturated rings. The van der Waals surface area contributed by atoms with E-state index in [2.05, 4.69) is 0 Å². The summed E-state index contributed by atoms with van der Waals surface area (Å²) in [5.41, 5.74) is 3.12. The summed E-state index contributed by atoms with van der Waals surface area (Å²) >= 11 is 0. The molecule has 0 unspecified atom stereocenters. The minimum absolute atomic E-state index is 0.0659. The Labute approximate surface area is 213 Å². The number of ketones is 1. The summed E-state index contributed by atoms with van der Waals surface area (Å²) in [7, 11) is 0. The van der Waals surface area contributed by atoms with Crippen molar-refractivity contribution in [1.82, 2.24) is 0 Å². The summed E-state index contributed by atoms with van der Waals surface area (Å²) < 4.78 is 31.3. The fraction of sp³-hybridized carbons (Fsp3) is 0.367. The predicted octanol–water partition coefficient (Wildman–Crippen LogP) is 5.09. The Morgan fingerprint density at radius 2 is 1.06 bits per heavy atom. The molecular formula is C30H34O6. The normalized spacial score (nSPS) is 23.9. The second-order valence-corrected chi connectivity index (χ2v) is 9.01. The first-order valence-corrected chi connectivity index (χ1v) is 12.3. The Bertz CT molecular complexity index is 1040. The zero-order chi connectivity index (χ0) is 25.2. The Kier molecular flexibility index (Phi) is 9.78. The van der Waals surface area contributed by atoms with E-state index >= 15 is 0 Å². The number of hydrogen-bond acceptors (Lipinski definition) is 6. The SMILES string of the molecule is CC(=O)CO[C@H]1O[C@@H](C)[C@@H](OCc2ccccc2)[C@@H](OCc2ccccc2)[C@@H]1OCc1ccccc1. The minimum Gasteiger partial charge on any atom is -0.368 e. The minimum atomic E-state index is -0.773. The molecule has 0 radical (unpaired) electrons. The summed E-state index contributed by atoms with van der Waals surface area (Å²) in [6.45, 7) is 4.50. The number of hydrogen-bond donors (Lipinski definition) is 0. The molecule has 190 valence electrons. The molecule has 3 aromatic carbocycles. The van der Waals surface area contributed by atoms with Crippen LogP contribution >= 0.6 is 0 Å². The first-order chi connectivity index (χ1) is 17.6. The van der Waals surface area contributed by atoms with Gasteiger partial charge in [0.25, 0.3) is 0 Å². The molecule has 0 aliphatic carbocycles. The maximum Gasteiger partial charge on any atom is 0.187 e. The zero-order valence-corrected chi connectivity index (χ0v) is 20.8. The van der Waals surface area contributed by atoms with Gasteiger partial charge in [-0.05, 0) is 30.5 Å². The van der Waals surface area contributed by atoms with E-state index in [0.29, 0.717) is 19.8 Å². The van der Waals surface area contributed by atoms with Crippen LogP contribution in [0.15, 0.2) is 91.0 Å². The van der Waals surface area contributed by atoms with Gasteiger partial charge in [-0.2, -0.15) is 0 Å². The van der Waals surface area contributed by atoms with Crippen molar-refractivity contribution in [2.75, 3.05) is 6.61 Å². The number of carbonyl (C=O) groups excluding carboxylic acids is 1. The zero-order valence-electron chi connectivity index (χ0n) is 20.8. The summed E-state index contributed by atoms with van der Waals surface area (Å²) in [5, 5.41) is 0. The Morgan fingerprint density at radius 3 is 1.50 bits per heavy atom. The molecule has 4 rings (SSSR count). The molecule has 0 N–H and O–H groups in total. The van der Waals surface area contributed by atoms with Crippen molar-refractivity contribution in [2.24, 2.45) is 0 Å². The third kappa shape index (κ3) is 7.56. The van der Waals surface area contributed by atoms with Crippen LogP contribution in [0.1, 0.15) is 30.5 Å². The molecule has 0 saturated carbocycles. The van der Waals surface area contributed by atoms with E-state index in [9.17, 15) is 4.79 Å². The van der Waals surface area contributed by atoms with Gasteiger partial charge in [0.2, 0.25) is 0 Å². The van der Waals surface area contributed by atoms with Crippen LogP contribution in [-0.2, 0) is 48.3 Å². The van der Waals surface area contributed by atoms with Crippen molar-refractivity contribution in [1.29, 1.82) is 0 Å². The summed E-state index contributed by atoms with van der Waals surface area (Å²) in [6.07, 6.45) is -2.62. The van der Waals surface area contributed by atoms with Gasteiger partial charge in [-0.1, -0.05) is 91.0 Å². The van der Waals surface area contributed by atoms with Crippen molar-refractivity contribution < 1.29 is 28.5 Å². The lowest BCUT2D eigenvalue weighted by Gasteiger charge is -2.45. The number of rotatable bonds is 12. The Morgan fingerprint density at radius 1 is 0.639 bits per heavy atom. The lowest BCUT2D eigenvalue weighted by atomic mass is 9.98. The summed E-state index contributed by atoms with van der Waals surface area (Å²) in [6, 6.07) is 29.9. The van der Waals surface area contributed by atoms with E-state index in [1.54, 1.807) is 0 Å². The van der Waals surface area contributed by atoms with Crippen molar-refractivity contribution in [3.8, 4) is 0 Å². The monoisotopic (exact) mass is 490 g/mol. The van der Waals surface area contributed by atoms with Crippen LogP contribution in [-0.4, -0.2) is 43.1 Å². The van der Waals surface area contributed by atoms with Gasteiger partial charge >= 0.3 is 0 Å². The molecule has 0 aromatic heterocycles. The quantitative estimate of drug-likeness (QED) is 0.352. The highest BCUT2D eigenvalue weighted by Crippen LogP contribution is 2.31. The molecule has 6 nitrogen and oxygen atoms in total. The van der Waals surface area contributed by atoms with E-state index in [1.165, 1.54) is 6.92 Å². The highest BCUT2D eigenvalue weighted by atomic mass is 16.7. The molecule has 36 heavy (non-hydrogen) atoms. The highest BCUT2D eigenvalue weighted by molar-refractivity contribution is 5.76. The average molecular weight is 491 g/mol. The van der Waals surface area contributed by atoms with E-state index in [4.69, 9.17) is 23.7 Å². The molecule has 0 spiro atoms. The maximum absolute atomic E-state index is 11.7. The molecule has 1 aliphatic heterocycles. The first kappa shape index (κ1) is 26.2. The van der Waals surface area contributed by atoms with Gasteiger partial charge in [0, 0.05) is 0 Å². The fourth-order valence-electron chi connectivity index (χ4n) is 4.20. The van der Waals surface area contributed by atoms with Crippen LogP contribution in [0.25, 0.3) is 0 Å². The van der Waals surface area contributed by atoms with Gasteiger partial charge < -0.3 is 23.7 Å². The third-order valence-electron chi connectivity index (χ3n) is 6.03. The molecule has 5 atom stereocenters. The van der Waals surface area contributed by atoms with Crippen LogP contribution < -0.4 is 0 Å². The second kappa shape index (κ2) is 13.4. The van der Waals surface area contributed by atoms with Gasteiger partial charge in [-0.3, -0.25) is 4.79 Å². The van der Waals surface area contributed by atoms with Gasteiger partial charge in [0.1, 0.15) is 24.9 Å². The largest absolute Gasteiger partial charge is 0.368 e. The van der Waals surface area contributed by atoms with Crippen LogP contribution in [0.4, 0.5) is 0 Å². The molecule has 1 saturated heterocycles. The van der Waals surface area contributed by atoms with Gasteiger partial charge in [-0.15, -0.1) is 0 Å². The van der Waals surface area contributed by atoms with Crippen LogP contribution in [0.3, 0.4) is 0 Å². The molecule has 1 aliphatic rings. The van der Waals surface area contributed by atoms with Crippen LogP contribution in [0.5, 0.6) is 0 Å². The highest BCUT2D eigenvalue weighted by Gasteiger charge is 2.47. The fourth-order valence-corrected chi connectivity index (χ4v) is 4.20. The molecule has 3 aromatic rings. The van der Waals surface area contributed by atoms with Gasteiger partial charge in [0.15, 0.2) is 12.1 Å². The Balaban J connectivity index is 1.57. The smallest absolute Gasteiger partial charge is 0.187 e. The van der Waals surface area contributed by atoms with Gasteiger partial charge in [-0.25, -0.2) is 0 Å². The van der Waals surface area contributed by atoms with E-state index in [-0.39, 0.29) is 18.5 Å². The van der Waals surface area contributed by atoms with Crippen molar-refractivity contribution in [2.45, 2.75) is 64.4 Å². The lowest BCUT2D eigenvalue weighted by molar-refractivity contribution is -0.318. The topological polar surface area (TPSA) is 63.2 Å². The molecular weight excluding hydrogens is 456 g/mol. The Hall–Kier alpha value is -2.87. The van der Waals surface area contributed by atoms with Crippen LogP contribution in [0, 0.1) is 0 Å². The third-order valence-corrected chi connectivity index (χ3v) is 6.03. The molecule has 0 amide bonds. The number of benzene rings is 3.